The Labute approximate surface area is 146 Å². The molecule has 0 radical (unpaired) electrons. The van der Waals surface area contributed by atoms with Crippen LogP contribution in [-0.2, 0) is 14.4 Å². The van der Waals surface area contributed by atoms with Gasteiger partial charge in [-0.3, -0.25) is 14.4 Å². The maximum absolute atomic E-state index is 12.3. The van der Waals surface area contributed by atoms with Gasteiger partial charge in [-0.1, -0.05) is 6.07 Å². The third-order valence-electron chi connectivity index (χ3n) is 4.53. The summed E-state index contributed by atoms with van der Waals surface area (Å²) in [5, 5.41) is 5.60. The van der Waals surface area contributed by atoms with Gasteiger partial charge in [0, 0.05) is 43.7 Å². The van der Waals surface area contributed by atoms with E-state index in [1.54, 1.807) is 18.1 Å². The second-order valence-corrected chi connectivity index (χ2v) is 6.46. The molecule has 0 spiro atoms. The van der Waals surface area contributed by atoms with Crippen molar-refractivity contribution in [2.75, 3.05) is 31.6 Å². The molecule has 1 aromatic carbocycles. The quantitative estimate of drug-likeness (QED) is 0.712. The number of hydrogen-bond donors (Lipinski definition) is 2. The van der Waals surface area contributed by atoms with Crippen molar-refractivity contribution >= 4 is 23.4 Å². The van der Waals surface area contributed by atoms with E-state index in [1.165, 1.54) is 0 Å². The Kier molecular flexibility index (Phi) is 5.21. The Morgan fingerprint density at radius 3 is 2.48 bits per heavy atom. The van der Waals surface area contributed by atoms with Crippen molar-refractivity contribution in [3.05, 3.63) is 24.3 Å². The fourth-order valence-corrected chi connectivity index (χ4v) is 2.92. The first-order chi connectivity index (χ1) is 12.1. The van der Waals surface area contributed by atoms with Crippen molar-refractivity contribution in [1.29, 1.82) is 0 Å². The number of rotatable bonds is 7. The fourth-order valence-electron chi connectivity index (χ4n) is 2.92. The Balaban J connectivity index is 1.47. The van der Waals surface area contributed by atoms with E-state index in [-0.39, 0.29) is 36.0 Å². The highest BCUT2D eigenvalue weighted by Crippen LogP contribution is 2.29. The average Bonchev–Trinajstić information content (AvgIpc) is 3.40. The summed E-state index contributed by atoms with van der Waals surface area (Å²) in [7, 11) is 1.57. The summed E-state index contributed by atoms with van der Waals surface area (Å²) in [5.41, 5.74) is 0.733. The van der Waals surface area contributed by atoms with Gasteiger partial charge in [0.05, 0.1) is 13.0 Å². The molecule has 1 aliphatic heterocycles. The van der Waals surface area contributed by atoms with Crippen LogP contribution in [0, 0.1) is 11.8 Å². The highest BCUT2D eigenvalue weighted by Gasteiger charge is 2.35. The van der Waals surface area contributed by atoms with Crippen molar-refractivity contribution in [3.63, 3.8) is 0 Å². The zero-order chi connectivity index (χ0) is 17.8. The number of carbonyl (C=O) groups excluding carboxylic acids is 3. The lowest BCUT2D eigenvalue weighted by molar-refractivity contribution is -0.126. The largest absolute Gasteiger partial charge is 0.497 e. The molecule has 3 rings (SSSR count). The summed E-state index contributed by atoms with van der Waals surface area (Å²) in [6, 6.07) is 7.24. The van der Waals surface area contributed by atoms with Crippen LogP contribution < -0.4 is 20.3 Å². The number of benzene rings is 1. The molecule has 1 heterocycles. The van der Waals surface area contributed by atoms with E-state index in [9.17, 15) is 14.4 Å². The summed E-state index contributed by atoms with van der Waals surface area (Å²) in [4.78, 5) is 37.6. The van der Waals surface area contributed by atoms with Gasteiger partial charge in [-0.15, -0.1) is 0 Å². The van der Waals surface area contributed by atoms with Gasteiger partial charge in [0.15, 0.2) is 0 Å². The Bertz CT molecular complexity index is 672. The topological polar surface area (TPSA) is 87.7 Å². The monoisotopic (exact) mass is 345 g/mol. The third kappa shape index (κ3) is 4.29. The lowest BCUT2D eigenvalue weighted by Crippen LogP contribution is -2.38. The normalized spacial score (nSPS) is 19.6. The van der Waals surface area contributed by atoms with E-state index >= 15 is 0 Å². The number of amides is 3. The Morgan fingerprint density at radius 2 is 1.84 bits per heavy atom. The molecule has 1 unspecified atom stereocenters. The molecular weight excluding hydrogens is 322 g/mol. The average molecular weight is 345 g/mol. The van der Waals surface area contributed by atoms with Gasteiger partial charge >= 0.3 is 0 Å². The van der Waals surface area contributed by atoms with Gasteiger partial charge in [0.2, 0.25) is 17.7 Å². The van der Waals surface area contributed by atoms with Crippen molar-refractivity contribution in [3.8, 4) is 5.75 Å². The van der Waals surface area contributed by atoms with Crippen molar-refractivity contribution in [2.24, 2.45) is 11.8 Å². The van der Waals surface area contributed by atoms with Crippen LogP contribution in [0.25, 0.3) is 0 Å². The van der Waals surface area contributed by atoms with Crippen LogP contribution in [0.5, 0.6) is 5.75 Å². The first kappa shape index (κ1) is 17.3. The van der Waals surface area contributed by atoms with Crippen molar-refractivity contribution in [1.82, 2.24) is 10.6 Å². The number of ether oxygens (including phenoxy) is 1. The van der Waals surface area contributed by atoms with Crippen LogP contribution in [0.4, 0.5) is 5.69 Å². The minimum Gasteiger partial charge on any atom is -0.497 e. The second kappa shape index (κ2) is 7.55. The summed E-state index contributed by atoms with van der Waals surface area (Å²) < 4.78 is 5.18. The first-order valence-electron chi connectivity index (χ1n) is 8.58. The minimum atomic E-state index is -0.377. The van der Waals surface area contributed by atoms with Gasteiger partial charge in [-0.25, -0.2) is 0 Å². The molecule has 0 aromatic heterocycles. The van der Waals surface area contributed by atoms with Gasteiger partial charge in [-0.05, 0) is 25.0 Å². The number of nitrogens with one attached hydrogen (secondary N) is 2. The lowest BCUT2D eigenvalue weighted by atomic mass is 10.1. The molecule has 1 aliphatic carbocycles. The first-order valence-corrected chi connectivity index (χ1v) is 8.58. The Morgan fingerprint density at radius 1 is 1.16 bits per heavy atom. The fraction of sp³-hybridized carbons (Fsp3) is 0.500. The van der Waals surface area contributed by atoms with Gasteiger partial charge in [-0.2, -0.15) is 0 Å². The van der Waals surface area contributed by atoms with Crippen LogP contribution >= 0.6 is 0 Å². The van der Waals surface area contributed by atoms with E-state index in [2.05, 4.69) is 10.6 Å². The minimum absolute atomic E-state index is 0.0643. The third-order valence-corrected chi connectivity index (χ3v) is 4.53. The van der Waals surface area contributed by atoms with E-state index in [4.69, 9.17) is 4.74 Å². The molecule has 0 bridgehead atoms. The standard InChI is InChI=1S/C18H23N3O4/c1-25-15-4-2-3-14(10-15)21-11-13(9-16(21)22)18(24)20-8-7-19-17(23)12-5-6-12/h2-4,10,12-13H,5-9,11H2,1H3,(H,19,23)(H,20,24). The number of anilines is 1. The molecule has 3 amide bonds. The summed E-state index contributed by atoms with van der Waals surface area (Å²) in [5.74, 6) is 0.298. The van der Waals surface area contributed by atoms with E-state index in [0.29, 0.717) is 25.4 Å². The number of nitrogens with zero attached hydrogens (tertiary/aromatic N) is 1. The molecular formula is C18H23N3O4. The number of methoxy groups -OCH3 is 1. The maximum Gasteiger partial charge on any atom is 0.227 e. The van der Waals surface area contributed by atoms with Crippen LogP contribution in [0.2, 0.25) is 0 Å². The molecule has 1 saturated carbocycles. The molecule has 1 saturated heterocycles. The van der Waals surface area contributed by atoms with Crippen LogP contribution in [0.15, 0.2) is 24.3 Å². The van der Waals surface area contributed by atoms with Crippen LogP contribution in [0.1, 0.15) is 19.3 Å². The van der Waals surface area contributed by atoms with Crippen LogP contribution in [0.3, 0.4) is 0 Å². The molecule has 1 atom stereocenters. The molecule has 7 nitrogen and oxygen atoms in total. The zero-order valence-corrected chi connectivity index (χ0v) is 14.3. The summed E-state index contributed by atoms with van der Waals surface area (Å²) in [6.07, 6.45) is 2.11. The lowest BCUT2D eigenvalue weighted by Gasteiger charge is -2.17. The van der Waals surface area contributed by atoms with Crippen LogP contribution in [-0.4, -0.2) is 44.5 Å². The molecule has 2 aliphatic rings. The van der Waals surface area contributed by atoms with Crippen molar-refractivity contribution in [2.45, 2.75) is 19.3 Å². The summed E-state index contributed by atoms with van der Waals surface area (Å²) >= 11 is 0. The van der Waals surface area contributed by atoms with Crippen molar-refractivity contribution < 1.29 is 19.1 Å². The van der Waals surface area contributed by atoms with E-state index in [0.717, 1.165) is 18.5 Å². The number of hydrogen-bond acceptors (Lipinski definition) is 4. The second-order valence-electron chi connectivity index (χ2n) is 6.46. The predicted molar refractivity (Wildman–Crippen MR) is 92.2 cm³/mol. The van der Waals surface area contributed by atoms with Gasteiger partial charge in [0.1, 0.15) is 5.75 Å². The Hall–Kier alpha value is -2.57. The number of carbonyl (C=O) groups is 3. The molecule has 25 heavy (non-hydrogen) atoms. The smallest absolute Gasteiger partial charge is 0.227 e. The highest BCUT2D eigenvalue weighted by molar-refractivity contribution is 6.00. The summed E-state index contributed by atoms with van der Waals surface area (Å²) in [6.45, 7) is 1.15. The maximum atomic E-state index is 12.3. The van der Waals surface area contributed by atoms with E-state index < -0.39 is 0 Å². The molecule has 134 valence electrons. The SMILES string of the molecule is COc1cccc(N2CC(C(=O)NCCNC(=O)C3CC3)CC2=O)c1. The highest BCUT2D eigenvalue weighted by atomic mass is 16.5. The molecule has 7 heteroatoms. The molecule has 2 fully saturated rings. The van der Waals surface area contributed by atoms with Gasteiger partial charge < -0.3 is 20.3 Å². The van der Waals surface area contributed by atoms with Gasteiger partial charge in [0.25, 0.3) is 0 Å². The predicted octanol–water partition coefficient (Wildman–Crippen LogP) is 0.690. The molecule has 1 aromatic rings. The molecule has 2 N–H and O–H groups in total. The zero-order valence-electron chi connectivity index (χ0n) is 14.3. The van der Waals surface area contributed by atoms with E-state index in [1.807, 2.05) is 18.2 Å².